The number of nitrogens with two attached hydrogens (primary N) is 1. The lowest BCUT2D eigenvalue weighted by atomic mass is 9.87. The zero-order chi connectivity index (χ0) is 13.1. The average Bonchev–Trinajstić information content (AvgIpc) is 2.23. The fraction of sp³-hybridized carbons (Fsp3) is 0.571. The largest absolute Gasteiger partial charge is 0.271 e. The molecule has 0 aromatic heterocycles. The van der Waals surface area contributed by atoms with E-state index < -0.39 is 0 Å². The van der Waals surface area contributed by atoms with Gasteiger partial charge in [-0.25, -0.2) is 0 Å². The lowest BCUT2D eigenvalue weighted by molar-refractivity contribution is 0.333. The second-order valence-electron chi connectivity index (χ2n) is 5.80. The molecule has 0 saturated carbocycles. The van der Waals surface area contributed by atoms with E-state index in [1.54, 1.807) is 0 Å². The Balaban J connectivity index is 2.83. The van der Waals surface area contributed by atoms with Gasteiger partial charge in [-0.1, -0.05) is 39.0 Å². The second-order valence-corrected chi connectivity index (χ2v) is 6.88. The Bertz CT molecular complexity index is 369. The van der Waals surface area contributed by atoms with Gasteiger partial charge in [-0.2, -0.15) is 0 Å². The minimum Gasteiger partial charge on any atom is -0.271 e. The summed E-state index contributed by atoms with van der Waals surface area (Å²) in [7, 11) is 0. The van der Waals surface area contributed by atoms with Crippen molar-refractivity contribution in [1.82, 2.24) is 5.43 Å². The van der Waals surface area contributed by atoms with Crippen LogP contribution in [0.3, 0.4) is 0 Å². The summed E-state index contributed by atoms with van der Waals surface area (Å²) in [5.41, 5.74) is 5.94. The number of nitrogens with one attached hydrogen (secondary N) is 1. The van der Waals surface area contributed by atoms with Crippen LogP contribution in [0.4, 0.5) is 0 Å². The van der Waals surface area contributed by atoms with E-state index in [-0.39, 0.29) is 6.04 Å². The molecule has 0 spiro atoms. The zero-order valence-corrected chi connectivity index (χ0v) is 13.3. The summed E-state index contributed by atoms with van der Waals surface area (Å²) in [4.78, 5) is 0. The number of hydrogen-bond acceptors (Lipinski definition) is 2. The highest BCUT2D eigenvalue weighted by Gasteiger charge is 2.18. The topological polar surface area (TPSA) is 38.0 Å². The molecule has 0 saturated heterocycles. The standard InChI is InChI=1S/C14H23IN2/c1-10-6-5-7-11(13(10)15)12(17-16)8-9-14(2,3)4/h5-7,12,17H,8-9,16H2,1-4H3. The first-order chi connectivity index (χ1) is 7.85. The molecule has 0 amide bonds. The van der Waals surface area contributed by atoms with E-state index >= 15 is 0 Å². The molecule has 1 rings (SSSR count). The Morgan fingerprint density at radius 2 is 2.00 bits per heavy atom. The summed E-state index contributed by atoms with van der Waals surface area (Å²) < 4.78 is 1.32. The third-order valence-corrected chi connectivity index (χ3v) is 4.45. The van der Waals surface area contributed by atoms with Crippen molar-refractivity contribution in [1.29, 1.82) is 0 Å². The van der Waals surface area contributed by atoms with Gasteiger partial charge in [0.25, 0.3) is 0 Å². The van der Waals surface area contributed by atoms with Crippen molar-refractivity contribution in [2.45, 2.75) is 46.6 Å². The number of aryl methyl sites for hydroxylation is 1. The van der Waals surface area contributed by atoms with Crippen LogP contribution in [0.1, 0.15) is 50.8 Å². The Hall–Kier alpha value is -0.130. The van der Waals surface area contributed by atoms with Crippen molar-refractivity contribution in [2.24, 2.45) is 11.3 Å². The van der Waals surface area contributed by atoms with Gasteiger partial charge in [-0.3, -0.25) is 11.3 Å². The molecule has 1 unspecified atom stereocenters. The van der Waals surface area contributed by atoms with Gasteiger partial charge < -0.3 is 0 Å². The number of rotatable bonds is 4. The minimum absolute atomic E-state index is 0.251. The average molecular weight is 346 g/mol. The Morgan fingerprint density at radius 1 is 1.35 bits per heavy atom. The molecule has 2 nitrogen and oxygen atoms in total. The van der Waals surface area contributed by atoms with E-state index in [9.17, 15) is 0 Å². The molecular weight excluding hydrogens is 323 g/mol. The van der Waals surface area contributed by atoms with Gasteiger partial charge in [0.15, 0.2) is 0 Å². The summed E-state index contributed by atoms with van der Waals surface area (Å²) in [6.45, 7) is 8.94. The summed E-state index contributed by atoms with van der Waals surface area (Å²) in [6, 6.07) is 6.67. The van der Waals surface area contributed by atoms with Crippen LogP contribution >= 0.6 is 22.6 Å². The number of hydrogen-bond donors (Lipinski definition) is 2. The molecule has 0 radical (unpaired) electrons. The van der Waals surface area contributed by atoms with Crippen molar-refractivity contribution < 1.29 is 0 Å². The van der Waals surface area contributed by atoms with Crippen molar-refractivity contribution in [3.05, 3.63) is 32.9 Å². The van der Waals surface area contributed by atoms with Crippen LogP contribution in [-0.4, -0.2) is 0 Å². The zero-order valence-electron chi connectivity index (χ0n) is 11.2. The van der Waals surface area contributed by atoms with Crippen LogP contribution in [0.5, 0.6) is 0 Å². The summed E-state index contributed by atoms with van der Waals surface area (Å²) in [5.74, 6) is 5.70. The van der Waals surface area contributed by atoms with Crippen LogP contribution in [0.15, 0.2) is 18.2 Å². The van der Waals surface area contributed by atoms with E-state index in [4.69, 9.17) is 5.84 Å². The maximum atomic E-state index is 5.70. The highest BCUT2D eigenvalue weighted by molar-refractivity contribution is 14.1. The molecule has 0 aliphatic carbocycles. The van der Waals surface area contributed by atoms with Crippen molar-refractivity contribution in [3.63, 3.8) is 0 Å². The van der Waals surface area contributed by atoms with Gasteiger partial charge in [0.2, 0.25) is 0 Å². The maximum absolute atomic E-state index is 5.70. The third kappa shape index (κ3) is 4.56. The Morgan fingerprint density at radius 3 is 2.53 bits per heavy atom. The molecule has 0 aliphatic heterocycles. The van der Waals surface area contributed by atoms with Gasteiger partial charge in [0.1, 0.15) is 0 Å². The number of benzene rings is 1. The van der Waals surface area contributed by atoms with E-state index in [0.717, 1.165) is 12.8 Å². The Labute approximate surface area is 118 Å². The normalized spacial score (nSPS) is 13.8. The molecule has 0 fully saturated rings. The first-order valence-electron chi connectivity index (χ1n) is 6.06. The van der Waals surface area contributed by atoms with Crippen LogP contribution in [0.2, 0.25) is 0 Å². The highest BCUT2D eigenvalue weighted by atomic mass is 127. The highest BCUT2D eigenvalue weighted by Crippen LogP contribution is 2.30. The predicted molar refractivity (Wildman–Crippen MR) is 82.6 cm³/mol. The molecule has 1 aromatic rings. The van der Waals surface area contributed by atoms with Gasteiger partial charge in [-0.15, -0.1) is 0 Å². The van der Waals surface area contributed by atoms with Crippen LogP contribution in [0.25, 0.3) is 0 Å². The smallest absolute Gasteiger partial charge is 0.0470 e. The molecule has 3 N–H and O–H groups in total. The minimum atomic E-state index is 0.251. The summed E-state index contributed by atoms with van der Waals surface area (Å²) in [5, 5.41) is 0. The van der Waals surface area contributed by atoms with Gasteiger partial charge in [-0.05, 0) is 58.9 Å². The van der Waals surface area contributed by atoms with E-state index in [1.807, 2.05) is 0 Å². The third-order valence-electron chi connectivity index (χ3n) is 2.98. The molecule has 0 aliphatic rings. The molecule has 1 aromatic carbocycles. The molecule has 17 heavy (non-hydrogen) atoms. The van der Waals surface area contributed by atoms with Gasteiger partial charge in [0.05, 0.1) is 0 Å². The molecule has 0 heterocycles. The predicted octanol–water partition coefficient (Wildman–Crippen LogP) is 3.93. The van der Waals surface area contributed by atoms with Crippen molar-refractivity contribution >= 4 is 22.6 Å². The second kappa shape index (κ2) is 6.16. The Kier molecular flexibility index (Phi) is 5.41. The first-order valence-corrected chi connectivity index (χ1v) is 7.14. The summed E-state index contributed by atoms with van der Waals surface area (Å²) in [6.07, 6.45) is 2.23. The number of halogens is 1. The molecule has 96 valence electrons. The van der Waals surface area contributed by atoms with E-state index in [0.29, 0.717) is 5.41 Å². The molecular formula is C14H23IN2. The molecule has 3 heteroatoms. The van der Waals surface area contributed by atoms with Crippen LogP contribution < -0.4 is 11.3 Å². The van der Waals surface area contributed by atoms with Gasteiger partial charge in [0, 0.05) is 9.61 Å². The quantitative estimate of drug-likeness (QED) is 0.493. The van der Waals surface area contributed by atoms with Crippen LogP contribution in [0, 0.1) is 15.9 Å². The van der Waals surface area contributed by atoms with Gasteiger partial charge >= 0.3 is 0 Å². The fourth-order valence-corrected chi connectivity index (χ4v) is 2.58. The van der Waals surface area contributed by atoms with E-state index in [1.165, 1.54) is 14.7 Å². The lowest BCUT2D eigenvalue weighted by Gasteiger charge is -2.24. The lowest BCUT2D eigenvalue weighted by Crippen LogP contribution is -2.29. The molecule has 0 bridgehead atoms. The first kappa shape index (κ1) is 14.9. The van der Waals surface area contributed by atoms with Crippen molar-refractivity contribution in [3.8, 4) is 0 Å². The van der Waals surface area contributed by atoms with Crippen LogP contribution in [-0.2, 0) is 0 Å². The maximum Gasteiger partial charge on any atom is 0.0470 e. The molecule has 1 atom stereocenters. The summed E-state index contributed by atoms with van der Waals surface area (Å²) >= 11 is 2.41. The fourth-order valence-electron chi connectivity index (χ4n) is 1.85. The number of hydrazine groups is 1. The monoisotopic (exact) mass is 346 g/mol. The van der Waals surface area contributed by atoms with E-state index in [2.05, 4.69) is 73.9 Å². The van der Waals surface area contributed by atoms with Crippen molar-refractivity contribution in [2.75, 3.05) is 0 Å². The SMILES string of the molecule is Cc1cccc(C(CCC(C)(C)C)NN)c1I.